The minimum atomic E-state index is -3.28. The average molecular weight is 410 g/mol. The van der Waals surface area contributed by atoms with Crippen molar-refractivity contribution in [1.29, 1.82) is 0 Å². The van der Waals surface area contributed by atoms with Crippen LogP contribution in [0.2, 0.25) is 0 Å². The van der Waals surface area contributed by atoms with E-state index in [0.717, 1.165) is 17.7 Å². The van der Waals surface area contributed by atoms with Crippen LogP contribution in [0.5, 0.6) is 0 Å². The predicted molar refractivity (Wildman–Crippen MR) is 112 cm³/mol. The highest BCUT2D eigenvalue weighted by atomic mass is 32.2. The Kier molecular flexibility index (Phi) is 7.41. The van der Waals surface area contributed by atoms with E-state index in [1.807, 2.05) is 48.7 Å². The number of nitrogens with two attached hydrogens (primary N) is 1. The third-order valence-corrected chi connectivity index (χ3v) is 7.16. The molecule has 1 aromatic heterocycles. The number of thiophene rings is 1. The Morgan fingerprint density at radius 3 is 2.37 bits per heavy atom. The molecule has 2 amide bonds. The smallest absolute Gasteiger partial charge is 0.319 e. The number of sulfonamides is 1. The topological polar surface area (TPSA) is 92.5 Å². The molecule has 0 saturated carbocycles. The SMILES string of the molecule is CC(CNS(=O)(=O)C(C)C)c1ccc(N(CCc2cccs2)C(N)=O)cc1. The number of carbonyl (C=O) groups excluding carboxylic acids is 1. The van der Waals surface area contributed by atoms with Crippen LogP contribution in [0.1, 0.15) is 37.1 Å². The maximum Gasteiger partial charge on any atom is 0.319 e. The van der Waals surface area contributed by atoms with Gasteiger partial charge in [-0.15, -0.1) is 11.3 Å². The van der Waals surface area contributed by atoms with Gasteiger partial charge in [0.05, 0.1) is 5.25 Å². The molecule has 8 heteroatoms. The zero-order valence-corrected chi connectivity index (χ0v) is 17.5. The molecule has 27 heavy (non-hydrogen) atoms. The van der Waals surface area contributed by atoms with Crippen LogP contribution in [0.15, 0.2) is 41.8 Å². The van der Waals surface area contributed by atoms with Crippen LogP contribution in [0.25, 0.3) is 0 Å². The van der Waals surface area contributed by atoms with Crippen LogP contribution >= 0.6 is 11.3 Å². The minimum absolute atomic E-state index is 0.0146. The molecule has 0 radical (unpaired) electrons. The van der Waals surface area contributed by atoms with Crippen molar-refractivity contribution < 1.29 is 13.2 Å². The maximum atomic E-state index is 11.9. The molecule has 0 aliphatic rings. The van der Waals surface area contributed by atoms with E-state index >= 15 is 0 Å². The molecule has 3 N–H and O–H groups in total. The normalized spacial score (nSPS) is 12.9. The number of benzene rings is 1. The molecule has 0 fully saturated rings. The number of amides is 2. The van der Waals surface area contributed by atoms with Gasteiger partial charge < -0.3 is 5.73 Å². The van der Waals surface area contributed by atoms with Crippen molar-refractivity contribution in [2.75, 3.05) is 18.0 Å². The summed E-state index contributed by atoms with van der Waals surface area (Å²) in [7, 11) is -3.28. The van der Waals surface area contributed by atoms with Gasteiger partial charge in [0.25, 0.3) is 0 Å². The van der Waals surface area contributed by atoms with Gasteiger partial charge in [-0.1, -0.05) is 25.1 Å². The molecular formula is C19H27N3O3S2. The van der Waals surface area contributed by atoms with E-state index < -0.39 is 21.3 Å². The van der Waals surface area contributed by atoms with Gasteiger partial charge in [0.1, 0.15) is 0 Å². The number of carbonyl (C=O) groups is 1. The number of anilines is 1. The van der Waals surface area contributed by atoms with E-state index in [0.29, 0.717) is 13.1 Å². The number of rotatable bonds is 9. The van der Waals surface area contributed by atoms with Crippen molar-refractivity contribution >= 4 is 33.1 Å². The summed E-state index contributed by atoms with van der Waals surface area (Å²) in [6.45, 7) is 6.10. The van der Waals surface area contributed by atoms with Crippen LogP contribution in [-0.4, -0.2) is 32.8 Å². The number of primary amides is 1. The van der Waals surface area contributed by atoms with Crippen LogP contribution in [-0.2, 0) is 16.4 Å². The molecule has 0 aliphatic heterocycles. The molecule has 1 aromatic carbocycles. The lowest BCUT2D eigenvalue weighted by atomic mass is 10.0. The summed E-state index contributed by atoms with van der Waals surface area (Å²) in [6.07, 6.45) is 0.746. The third-order valence-electron chi connectivity index (χ3n) is 4.41. The highest BCUT2D eigenvalue weighted by molar-refractivity contribution is 7.90. The molecule has 1 atom stereocenters. The molecule has 148 valence electrons. The fourth-order valence-electron chi connectivity index (χ4n) is 2.55. The van der Waals surface area contributed by atoms with Gasteiger partial charge in [-0.25, -0.2) is 17.9 Å². The van der Waals surface area contributed by atoms with Crippen LogP contribution in [0.3, 0.4) is 0 Å². The summed E-state index contributed by atoms with van der Waals surface area (Å²) in [6, 6.07) is 11.0. The number of nitrogens with zero attached hydrogens (tertiary/aromatic N) is 1. The lowest BCUT2D eigenvalue weighted by molar-refractivity contribution is 0.254. The summed E-state index contributed by atoms with van der Waals surface area (Å²) in [5.74, 6) is 0.0146. The van der Waals surface area contributed by atoms with Gasteiger partial charge in [-0.05, 0) is 55.3 Å². The number of hydrogen-bond donors (Lipinski definition) is 2. The van der Waals surface area contributed by atoms with Crippen LogP contribution in [0, 0.1) is 0 Å². The first-order valence-corrected chi connectivity index (χ1v) is 11.3. The molecule has 0 bridgehead atoms. The Morgan fingerprint density at radius 1 is 1.19 bits per heavy atom. The van der Waals surface area contributed by atoms with E-state index in [-0.39, 0.29) is 5.92 Å². The van der Waals surface area contributed by atoms with Crippen molar-refractivity contribution in [3.63, 3.8) is 0 Å². The summed E-state index contributed by atoms with van der Waals surface area (Å²) < 4.78 is 26.4. The summed E-state index contributed by atoms with van der Waals surface area (Å²) >= 11 is 1.65. The Morgan fingerprint density at radius 2 is 1.85 bits per heavy atom. The van der Waals surface area contributed by atoms with Crippen molar-refractivity contribution in [2.24, 2.45) is 5.73 Å². The lowest BCUT2D eigenvalue weighted by Crippen LogP contribution is -2.37. The van der Waals surface area contributed by atoms with Crippen molar-refractivity contribution in [1.82, 2.24) is 4.72 Å². The molecule has 1 unspecified atom stereocenters. The zero-order valence-electron chi connectivity index (χ0n) is 15.9. The molecule has 0 spiro atoms. The zero-order chi connectivity index (χ0) is 20.0. The second-order valence-corrected chi connectivity index (χ2v) is 10.1. The average Bonchev–Trinajstić information content (AvgIpc) is 3.13. The Hall–Kier alpha value is -1.90. The van der Waals surface area contributed by atoms with E-state index in [4.69, 9.17) is 5.73 Å². The van der Waals surface area contributed by atoms with E-state index in [1.165, 1.54) is 4.88 Å². The van der Waals surface area contributed by atoms with Crippen molar-refractivity contribution in [2.45, 2.75) is 38.4 Å². The monoisotopic (exact) mass is 409 g/mol. The van der Waals surface area contributed by atoms with Crippen LogP contribution < -0.4 is 15.4 Å². The quantitative estimate of drug-likeness (QED) is 0.665. The highest BCUT2D eigenvalue weighted by Crippen LogP contribution is 2.21. The maximum absolute atomic E-state index is 11.9. The Bertz CT molecular complexity index is 832. The lowest BCUT2D eigenvalue weighted by Gasteiger charge is -2.21. The van der Waals surface area contributed by atoms with E-state index in [2.05, 4.69) is 4.72 Å². The Labute approximate surface area is 165 Å². The largest absolute Gasteiger partial charge is 0.351 e. The van der Waals surface area contributed by atoms with Gasteiger partial charge in [-0.2, -0.15) is 0 Å². The number of hydrogen-bond acceptors (Lipinski definition) is 4. The van der Waals surface area contributed by atoms with Crippen molar-refractivity contribution in [3.8, 4) is 0 Å². The molecule has 0 saturated heterocycles. The minimum Gasteiger partial charge on any atom is -0.351 e. The van der Waals surface area contributed by atoms with Gasteiger partial charge in [-0.3, -0.25) is 4.90 Å². The molecular weight excluding hydrogens is 382 g/mol. The Balaban J connectivity index is 2.02. The van der Waals surface area contributed by atoms with Crippen molar-refractivity contribution in [3.05, 3.63) is 52.2 Å². The number of nitrogens with one attached hydrogen (secondary N) is 1. The fourth-order valence-corrected chi connectivity index (χ4v) is 4.07. The second-order valence-electron chi connectivity index (χ2n) is 6.75. The first-order valence-electron chi connectivity index (χ1n) is 8.88. The van der Waals surface area contributed by atoms with Gasteiger partial charge in [0.2, 0.25) is 10.0 Å². The standard InChI is InChI=1S/C19H27N3O3S2/c1-14(2)27(24,25)21-13-15(3)16-6-8-17(9-7-16)22(19(20)23)11-10-18-5-4-12-26-18/h4-9,12,14-15,21H,10-11,13H2,1-3H3,(H2,20,23). The van der Waals surface area contributed by atoms with E-state index in [9.17, 15) is 13.2 Å². The van der Waals surface area contributed by atoms with Gasteiger partial charge >= 0.3 is 6.03 Å². The second kappa shape index (κ2) is 9.34. The number of urea groups is 1. The molecule has 0 aliphatic carbocycles. The fraction of sp³-hybridized carbons (Fsp3) is 0.421. The van der Waals surface area contributed by atoms with Crippen LogP contribution in [0.4, 0.5) is 10.5 Å². The van der Waals surface area contributed by atoms with Gasteiger partial charge in [0, 0.05) is 23.7 Å². The summed E-state index contributed by atoms with van der Waals surface area (Å²) in [5.41, 5.74) is 7.27. The molecule has 6 nitrogen and oxygen atoms in total. The van der Waals surface area contributed by atoms with E-state index in [1.54, 1.807) is 30.1 Å². The molecule has 1 heterocycles. The first-order chi connectivity index (χ1) is 12.7. The highest BCUT2D eigenvalue weighted by Gasteiger charge is 2.18. The predicted octanol–water partition coefficient (Wildman–Crippen LogP) is 3.31. The summed E-state index contributed by atoms with van der Waals surface area (Å²) in [4.78, 5) is 14.6. The van der Waals surface area contributed by atoms with Gasteiger partial charge in [0.15, 0.2) is 0 Å². The molecule has 2 aromatic rings. The first kappa shape index (κ1) is 21.4. The third kappa shape index (κ3) is 6.05. The molecule has 2 rings (SSSR count). The summed E-state index contributed by atoms with van der Waals surface area (Å²) in [5, 5.41) is 1.55.